The van der Waals surface area contributed by atoms with Crippen LogP contribution in [0.15, 0.2) is 36.4 Å². The average molecular weight is 213 g/mol. The second-order valence-corrected chi connectivity index (χ2v) is 3.91. The van der Waals surface area contributed by atoms with Crippen molar-refractivity contribution in [1.82, 2.24) is 0 Å². The van der Waals surface area contributed by atoms with Crippen LogP contribution in [0.1, 0.15) is 6.92 Å². The van der Waals surface area contributed by atoms with E-state index in [-0.39, 0.29) is 5.91 Å². The minimum absolute atomic E-state index is 0.0946. The van der Waals surface area contributed by atoms with Crippen LogP contribution in [0.25, 0.3) is 10.8 Å². The van der Waals surface area contributed by atoms with Gasteiger partial charge in [-0.1, -0.05) is 30.3 Å². The van der Waals surface area contributed by atoms with Gasteiger partial charge in [-0.2, -0.15) is 0 Å². The molecule has 1 aliphatic rings. The number of hydrogen-bond donors (Lipinski definition) is 1. The molecule has 0 bridgehead atoms. The van der Waals surface area contributed by atoms with Crippen LogP contribution < -0.4 is 10.1 Å². The maximum atomic E-state index is 11.5. The van der Waals surface area contributed by atoms with Crippen molar-refractivity contribution in [2.45, 2.75) is 13.0 Å². The topological polar surface area (TPSA) is 38.3 Å². The third-order valence-electron chi connectivity index (χ3n) is 2.80. The molecule has 0 saturated heterocycles. The first kappa shape index (κ1) is 9.21. The van der Waals surface area contributed by atoms with Gasteiger partial charge in [-0.3, -0.25) is 4.79 Å². The lowest BCUT2D eigenvalue weighted by Crippen LogP contribution is -2.34. The molecule has 1 heterocycles. The molecule has 0 fully saturated rings. The first-order valence-electron chi connectivity index (χ1n) is 5.25. The predicted molar refractivity (Wildman–Crippen MR) is 62.7 cm³/mol. The first-order valence-corrected chi connectivity index (χ1v) is 5.25. The molecule has 3 heteroatoms. The van der Waals surface area contributed by atoms with E-state index in [9.17, 15) is 4.79 Å². The van der Waals surface area contributed by atoms with Gasteiger partial charge in [0.1, 0.15) is 0 Å². The molecule has 0 radical (unpaired) electrons. The lowest BCUT2D eigenvalue weighted by Gasteiger charge is -2.24. The average Bonchev–Trinajstić information content (AvgIpc) is 2.31. The molecule has 16 heavy (non-hydrogen) atoms. The van der Waals surface area contributed by atoms with Crippen LogP contribution in [0, 0.1) is 0 Å². The summed E-state index contributed by atoms with van der Waals surface area (Å²) in [6, 6.07) is 11.8. The first-order chi connectivity index (χ1) is 7.75. The quantitative estimate of drug-likeness (QED) is 0.730. The van der Waals surface area contributed by atoms with Crippen molar-refractivity contribution in [2.24, 2.45) is 0 Å². The van der Waals surface area contributed by atoms with Gasteiger partial charge in [0.15, 0.2) is 11.9 Å². The maximum Gasteiger partial charge on any atom is 0.265 e. The smallest absolute Gasteiger partial charge is 0.265 e. The largest absolute Gasteiger partial charge is 0.478 e. The number of rotatable bonds is 0. The van der Waals surface area contributed by atoms with Crippen LogP contribution in [0.5, 0.6) is 5.75 Å². The standard InChI is InChI=1S/C13H11NO2/c1-8-13(15)14-11-7-6-9-4-2-3-5-10(9)12(11)16-8/h2-8H,1H3,(H,14,15). The van der Waals surface area contributed by atoms with E-state index < -0.39 is 6.10 Å². The summed E-state index contributed by atoms with van der Waals surface area (Å²) in [5, 5.41) is 4.99. The van der Waals surface area contributed by atoms with Gasteiger partial charge in [0.2, 0.25) is 0 Å². The Morgan fingerprint density at radius 3 is 2.88 bits per heavy atom. The van der Waals surface area contributed by atoms with E-state index in [2.05, 4.69) is 5.32 Å². The zero-order valence-corrected chi connectivity index (χ0v) is 8.86. The number of fused-ring (bicyclic) bond motifs is 3. The minimum Gasteiger partial charge on any atom is -0.478 e. The zero-order valence-electron chi connectivity index (χ0n) is 8.86. The van der Waals surface area contributed by atoms with Crippen LogP contribution in [-0.4, -0.2) is 12.0 Å². The number of carbonyl (C=O) groups is 1. The molecule has 1 unspecified atom stereocenters. The molecule has 0 aliphatic carbocycles. The number of ether oxygens (including phenoxy) is 1. The van der Waals surface area contributed by atoms with Crippen molar-refractivity contribution < 1.29 is 9.53 Å². The molecule has 1 amide bonds. The summed E-state index contributed by atoms with van der Waals surface area (Å²) in [7, 11) is 0. The van der Waals surface area contributed by atoms with Crippen molar-refractivity contribution in [3.8, 4) is 5.75 Å². The molecular formula is C13H11NO2. The second kappa shape index (κ2) is 3.23. The Bertz CT molecular complexity index is 577. The maximum absolute atomic E-state index is 11.5. The van der Waals surface area contributed by atoms with E-state index in [1.165, 1.54) is 0 Å². The summed E-state index contributed by atoms with van der Waals surface area (Å²) in [5.41, 5.74) is 0.752. The van der Waals surface area contributed by atoms with Gasteiger partial charge >= 0.3 is 0 Å². The van der Waals surface area contributed by atoms with Crippen LogP contribution in [-0.2, 0) is 4.79 Å². The normalized spacial score (nSPS) is 18.8. The van der Waals surface area contributed by atoms with Crippen LogP contribution >= 0.6 is 0 Å². The summed E-state index contributed by atoms with van der Waals surface area (Å²) in [5.74, 6) is 0.674. The molecule has 1 atom stereocenters. The van der Waals surface area contributed by atoms with Crippen molar-refractivity contribution in [1.29, 1.82) is 0 Å². The Labute approximate surface area is 93.0 Å². The highest BCUT2D eigenvalue weighted by Gasteiger charge is 2.24. The van der Waals surface area contributed by atoms with Gasteiger partial charge in [-0.15, -0.1) is 0 Å². The van der Waals surface area contributed by atoms with Crippen LogP contribution in [0.2, 0.25) is 0 Å². The molecule has 0 saturated carbocycles. The van der Waals surface area contributed by atoms with E-state index in [1.807, 2.05) is 36.4 Å². The highest BCUT2D eigenvalue weighted by atomic mass is 16.5. The predicted octanol–water partition coefficient (Wildman–Crippen LogP) is 2.56. The van der Waals surface area contributed by atoms with Crippen molar-refractivity contribution in [2.75, 3.05) is 5.32 Å². The third kappa shape index (κ3) is 1.25. The van der Waals surface area contributed by atoms with Gasteiger partial charge in [-0.05, 0) is 18.4 Å². The van der Waals surface area contributed by atoms with Crippen LogP contribution in [0.4, 0.5) is 5.69 Å². The zero-order chi connectivity index (χ0) is 11.1. The molecule has 2 aromatic carbocycles. The van der Waals surface area contributed by atoms with E-state index in [0.717, 1.165) is 22.2 Å². The van der Waals surface area contributed by atoms with Gasteiger partial charge in [0.05, 0.1) is 5.69 Å². The summed E-state index contributed by atoms with van der Waals surface area (Å²) < 4.78 is 5.65. The number of hydrogen-bond acceptors (Lipinski definition) is 2. The fourth-order valence-corrected chi connectivity index (χ4v) is 1.93. The number of anilines is 1. The molecule has 3 nitrogen and oxygen atoms in total. The molecule has 0 aromatic heterocycles. The highest BCUT2D eigenvalue weighted by Crippen LogP contribution is 2.36. The second-order valence-electron chi connectivity index (χ2n) is 3.91. The summed E-state index contributed by atoms with van der Waals surface area (Å²) in [4.78, 5) is 11.5. The summed E-state index contributed by atoms with van der Waals surface area (Å²) in [6.07, 6.45) is -0.432. The van der Waals surface area contributed by atoms with Gasteiger partial charge in [0.25, 0.3) is 5.91 Å². The van der Waals surface area contributed by atoms with E-state index in [0.29, 0.717) is 0 Å². The Balaban J connectivity index is 2.27. The SMILES string of the molecule is CC1Oc2c(ccc3ccccc23)NC1=O. The van der Waals surface area contributed by atoms with Gasteiger partial charge in [-0.25, -0.2) is 0 Å². The van der Waals surface area contributed by atoms with Gasteiger partial charge < -0.3 is 10.1 Å². The number of carbonyl (C=O) groups excluding carboxylic acids is 1. The molecule has 3 rings (SSSR count). The number of amides is 1. The molecule has 1 aliphatic heterocycles. The van der Waals surface area contributed by atoms with Crippen molar-refractivity contribution in [3.05, 3.63) is 36.4 Å². The Hall–Kier alpha value is -2.03. The Morgan fingerprint density at radius 2 is 2.00 bits per heavy atom. The van der Waals surface area contributed by atoms with E-state index in [4.69, 9.17) is 4.74 Å². The molecule has 80 valence electrons. The number of nitrogens with one attached hydrogen (secondary N) is 1. The molecule has 0 spiro atoms. The lowest BCUT2D eigenvalue weighted by molar-refractivity contribution is -0.122. The fraction of sp³-hybridized carbons (Fsp3) is 0.154. The monoisotopic (exact) mass is 213 g/mol. The number of benzene rings is 2. The van der Waals surface area contributed by atoms with E-state index >= 15 is 0 Å². The summed E-state index contributed by atoms with van der Waals surface area (Å²) >= 11 is 0. The van der Waals surface area contributed by atoms with E-state index in [1.54, 1.807) is 6.92 Å². The minimum atomic E-state index is -0.432. The lowest BCUT2D eigenvalue weighted by atomic mass is 10.1. The van der Waals surface area contributed by atoms with Crippen molar-refractivity contribution >= 4 is 22.4 Å². The highest BCUT2D eigenvalue weighted by molar-refractivity contribution is 6.03. The molecule has 1 N–H and O–H groups in total. The van der Waals surface area contributed by atoms with Crippen LogP contribution in [0.3, 0.4) is 0 Å². The van der Waals surface area contributed by atoms with Crippen molar-refractivity contribution in [3.63, 3.8) is 0 Å². The Kier molecular flexibility index (Phi) is 1.86. The summed E-state index contributed by atoms with van der Waals surface area (Å²) in [6.45, 7) is 1.75. The van der Waals surface area contributed by atoms with Gasteiger partial charge in [0, 0.05) is 5.39 Å². The Morgan fingerprint density at radius 1 is 1.19 bits per heavy atom. The fourth-order valence-electron chi connectivity index (χ4n) is 1.93. The molecule has 2 aromatic rings. The third-order valence-corrected chi connectivity index (χ3v) is 2.80. The molecular weight excluding hydrogens is 202 g/mol.